The van der Waals surface area contributed by atoms with Crippen molar-refractivity contribution in [2.75, 3.05) is 44.3 Å². The predicted molar refractivity (Wildman–Crippen MR) is 140 cm³/mol. The summed E-state index contributed by atoms with van der Waals surface area (Å²) in [6, 6.07) is 13.5. The van der Waals surface area contributed by atoms with Crippen LogP contribution < -0.4 is 15.0 Å². The highest BCUT2D eigenvalue weighted by Gasteiger charge is 2.45. The first kappa shape index (κ1) is 25.8. The van der Waals surface area contributed by atoms with Gasteiger partial charge in [0.15, 0.2) is 0 Å². The van der Waals surface area contributed by atoms with Crippen molar-refractivity contribution in [1.82, 2.24) is 14.9 Å². The molecule has 2 saturated heterocycles. The number of ether oxygens (including phenoxy) is 3. The van der Waals surface area contributed by atoms with Gasteiger partial charge in [0.25, 0.3) is 0 Å². The standard InChI is InChI=1S/C24H26Cl2N4O3.C2H6/c25-18-1-6-22(23(26)13-18)24(16-29-10-7-28-17-29)32-15-21(33-24)14-31-20-4-2-19(3-5-20)30-11-8-27-9-12-30;1-2/h1-7,10,13,17,21,27H,8-9,11-12,14-16H2;1-2H3. The molecule has 2 aromatic carbocycles. The van der Waals surface area contributed by atoms with Crippen LogP contribution in [0, 0.1) is 0 Å². The fourth-order valence-corrected chi connectivity index (χ4v) is 4.79. The van der Waals surface area contributed by atoms with Crippen molar-refractivity contribution < 1.29 is 14.2 Å². The Morgan fingerprint density at radius 3 is 2.57 bits per heavy atom. The molecule has 2 unspecified atom stereocenters. The molecule has 3 heterocycles. The lowest BCUT2D eigenvalue weighted by Crippen LogP contribution is -2.43. The molecule has 2 aliphatic rings. The Kier molecular flexibility index (Phi) is 8.92. The summed E-state index contributed by atoms with van der Waals surface area (Å²) in [5.74, 6) is -0.253. The zero-order valence-corrected chi connectivity index (χ0v) is 21.6. The smallest absolute Gasteiger partial charge is 0.215 e. The van der Waals surface area contributed by atoms with Crippen molar-refractivity contribution in [3.05, 3.63) is 76.8 Å². The summed E-state index contributed by atoms with van der Waals surface area (Å²) in [7, 11) is 0. The zero-order chi connectivity index (χ0) is 24.7. The summed E-state index contributed by atoms with van der Waals surface area (Å²) >= 11 is 12.6. The molecule has 0 spiro atoms. The van der Waals surface area contributed by atoms with Crippen molar-refractivity contribution in [2.45, 2.75) is 32.3 Å². The van der Waals surface area contributed by atoms with Gasteiger partial charge in [-0.1, -0.05) is 43.1 Å². The second-order valence-electron chi connectivity index (χ2n) is 8.20. The first-order valence-corrected chi connectivity index (χ1v) is 12.8. The van der Waals surface area contributed by atoms with Crippen LogP contribution in [0.25, 0.3) is 0 Å². The van der Waals surface area contributed by atoms with E-state index in [1.807, 2.05) is 42.8 Å². The molecule has 0 amide bonds. The molecule has 5 rings (SSSR count). The molecule has 2 aliphatic heterocycles. The van der Waals surface area contributed by atoms with Gasteiger partial charge < -0.3 is 29.0 Å². The molecule has 35 heavy (non-hydrogen) atoms. The number of rotatable bonds is 7. The second-order valence-corrected chi connectivity index (χ2v) is 9.05. The summed E-state index contributed by atoms with van der Waals surface area (Å²) in [5, 5.41) is 4.43. The van der Waals surface area contributed by atoms with E-state index in [9.17, 15) is 0 Å². The highest BCUT2D eigenvalue weighted by atomic mass is 35.5. The van der Waals surface area contributed by atoms with Gasteiger partial charge in [-0.15, -0.1) is 0 Å². The van der Waals surface area contributed by atoms with Crippen LogP contribution in [0.5, 0.6) is 5.75 Å². The van der Waals surface area contributed by atoms with Gasteiger partial charge in [-0.25, -0.2) is 4.98 Å². The number of halogens is 2. The van der Waals surface area contributed by atoms with Crippen LogP contribution in [-0.4, -0.2) is 55.0 Å². The summed E-state index contributed by atoms with van der Waals surface area (Å²) in [6.07, 6.45) is 5.05. The number of anilines is 1. The SMILES string of the molecule is CC.Clc1ccc(C2(Cn3ccnc3)OCC(COc3ccc(N4CCNCC4)cc3)O2)c(Cl)c1. The van der Waals surface area contributed by atoms with Gasteiger partial charge >= 0.3 is 0 Å². The van der Waals surface area contributed by atoms with Crippen LogP contribution >= 0.6 is 23.2 Å². The molecule has 0 radical (unpaired) electrons. The highest BCUT2D eigenvalue weighted by molar-refractivity contribution is 6.35. The van der Waals surface area contributed by atoms with Crippen molar-refractivity contribution in [2.24, 2.45) is 0 Å². The summed E-state index contributed by atoms with van der Waals surface area (Å²) in [6.45, 7) is 9.20. The second kappa shape index (κ2) is 12.1. The third-order valence-electron chi connectivity index (χ3n) is 5.91. The maximum Gasteiger partial charge on any atom is 0.215 e. The molecule has 3 aromatic rings. The normalized spacial score (nSPS) is 21.9. The Morgan fingerprint density at radius 1 is 1.11 bits per heavy atom. The Labute approximate surface area is 216 Å². The number of piperazine rings is 1. The molecule has 9 heteroatoms. The van der Waals surface area contributed by atoms with E-state index in [-0.39, 0.29) is 6.10 Å². The quantitative estimate of drug-likeness (QED) is 0.476. The number of benzene rings is 2. The molecule has 7 nitrogen and oxygen atoms in total. The van der Waals surface area contributed by atoms with E-state index in [1.54, 1.807) is 24.7 Å². The third kappa shape index (κ3) is 6.29. The minimum Gasteiger partial charge on any atom is -0.491 e. The van der Waals surface area contributed by atoms with E-state index in [0.29, 0.717) is 29.8 Å². The van der Waals surface area contributed by atoms with Crippen LogP contribution in [0.4, 0.5) is 5.69 Å². The Morgan fingerprint density at radius 2 is 1.89 bits per heavy atom. The Hall–Kier alpha value is -2.29. The number of aromatic nitrogens is 2. The van der Waals surface area contributed by atoms with Gasteiger partial charge in [0.1, 0.15) is 18.5 Å². The molecule has 1 aromatic heterocycles. The van der Waals surface area contributed by atoms with Crippen LogP contribution in [0.3, 0.4) is 0 Å². The van der Waals surface area contributed by atoms with E-state index >= 15 is 0 Å². The monoisotopic (exact) mass is 518 g/mol. The van der Waals surface area contributed by atoms with Gasteiger partial charge in [0.2, 0.25) is 5.79 Å². The van der Waals surface area contributed by atoms with Crippen LogP contribution in [0.1, 0.15) is 19.4 Å². The van der Waals surface area contributed by atoms with E-state index < -0.39 is 5.79 Å². The number of nitrogens with one attached hydrogen (secondary N) is 1. The maximum atomic E-state index is 6.53. The molecule has 0 bridgehead atoms. The van der Waals surface area contributed by atoms with Crippen molar-refractivity contribution >= 4 is 28.9 Å². The van der Waals surface area contributed by atoms with Crippen LogP contribution in [0.2, 0.25) is 10.0 Å². The number of imidazole rings is 1. The molecule has 2 fully saturated rings. The lowest BCUT2D eigenvalue weighted by molar-refractivity contribution is -0.189. The molecule has 0 saturated carbocycles. The fourth-order valence-electron chi connectivity index (χ4n) is 4.24. The maximum absolute atomic E-state index is 6.53. The largest absolute Gasteiger partial charge is 0.491 e. The van der Waals surface area contributed by atoms with Crippen molar-refractivity contribution in [3.63, 3.8) is 0 Å². The lowest BCUT2D eigenvalue weighted by atomic mass is 10.1. The van der Waals surface area contributed by atoms with E-state index in [4.69, 9.17) is 37.4 Å². The number of hydrogen-bond acceptors (Lipinski definition) is 6. The topological polar surface area (TPSA) is 60.8 Å². The third-order valence-corrected chi connectivity index (χ3v) is 6.45. The van der Waals surface area contributed by atoms with Gasteiger partial charge in [0, 0.05) is 54.8 Å². The summed E-state index contributed by atoms with van der Waals surface area (Å²) in [5.41, 5.74) is 1.94. The van der Waals surface area contributed by atoms with Gasteiger partial charge in [-0.3, -0.25) is 0 Å². The van der Waals surface area contributed by atoms with E-state index in [1.165, 1.54) is 5.69 Å². The lowest BCUT2D eigenvalue weighted by Gasteiger charge is -2.30. The zero-order valence-electron chi connectivity index (χ0n) is 20.1. The average molecular weight is 519 g/mol. The van der Waals surface area contributed by atoms with Gasteiger partial charge in [-0.05, 0) is 36.4 Å². The van der Waals surface area contributed by atoms with Crippen molar-refractivity contribution in [1.29, 1.82) is 0 Å². The summed E-state index contributed by atoms with van der Waals surface area (Å²) < 4.78 is 20.6. The highest BCUT2D eigenvalue weighted by Crippen LogP contribution is 2.40. The molecule has 0 aliphatic carbocycles. The number of hydrogen-bond donors (Lipinski definition) is 1. The minimum atomic E-state index is -1.05. The first-order valence-electron chi connectivity index (χ1n) is 12.0. The van der Waals surface area contributed by atoms with Gasteiger partial charge in [0.05, 0.1) is 24.5 Å². The van der Waals surface area contributed by atoms with E-state index in [2.05, 4.69) is 27.3 Å². The van der Waals surface area contributed by atoms with Crippen LogP contribution in [-0.2, 0) is 21.8 Å². The molecule has 188 valence electrons. The van der Waals surface area contributed by atoms with E-state index in [0.717, 1.165) is 37.5 Å². The summed E-state index contributed by atoms with van der Waals surface area (Å²) in [4.78, 5) is 6.50. The fraction of sp³-hybridized carbons (Fsp3) is 0.423. The Balaban J connectivity index is 0.00000141. The number of nitrogens with zero attached hydrogens (tertiary/aromatic N) is 3. The van der Waals surface area contributed by atoms with Gasteiger partial charge in [-0.2, -0.15) is 0 Å². The molecular formula is C26H32Cl2N4O3. The van der Waals surface area contributed by atoms with Crippen molar-refractivity contribution in [3.8, 4) is 5.75 Å². The van der Waals surface area contributed by atoms with Crippen LogP contribution in [0.15, 0.2) is 61.2 Å². The average Bonchev–Trinajstić information content (AvgIpc) is 3.55. The Bertz CT molecular complexity index is 1060. The molecule has 1 N–H and O–H groups in total. The predicted octanol–water partition coefficient (Wildman–Crippen LogP) is 4.97. The first-order chi connectivity index (χ1) is 17.1. The molecule has 2 atom stereocenters. The molecular weight excluding hydrogens is 487 g/mol. The minimum absolute atomic E-state index is 0.256.